The first-order chi connectivity index (χ1) is 12.1. The van der Waals surface area contributed by atoms with Gasteiger partial charge in [0.15, 0.2) is 0 Å². The van der Waals surface area contributed by atoms with Crippen molar-refractivity contribution in [3.63, 3.8) is 0 Å². The van der Waals surface area contributed by atoms with Crippen LogP contribution < -0.4 is 0 Å². The average molecular weight is 423 g/mol. The Kier molecular flexibility index (Phi) is 15.4. The van der Waals surface area contributed by atoms with Crippen molar-refractivity contribution in [2.24, 2.45) is 34.0 Å². The van der Waals surface area contributed by atoms with Crippen LogP contribution >= 0.6 is 0 Å². The van der Waals surface area contributed by atoms with Gasteiger partial charge in [-0.05, 0) is 34.0 Å². The van der Waals surface area contributed by atoms with Gasteiger partial charge in [-0.3, -0.25) is 0 Å². The van der Waals surface area contributed by atoms with Gasteiger partial charge in [0, 0.05) is 20.0 Å². The second-order valence-electron chi connectivity index (χ2n) is 11.8. The van der Waals surface area contributed by atoms with Gasteiger partial charge >= 0.3 is 0 Å². The first-order valence-electron chi connectivity index (χ1n) is 10.8. The number of hydrogen-bond acceptors (Lipinski definition) is 3. The predicted molar refractivity (Wildman–Crippen MR) is 128 cm³/mol. The Balaban J connectivity index is -0.000000340. The monoisotopic (exact) mass is 422 g/mol. The molecule has 0 aliphatic carbocycles. The zero-order valence-corrected chi connectivity index (χ0v) is 22.8. The molecule has 0 amide bonds. The molecule has 0 aliphatic heterocycles. The van der Waals surface area contributed by atoms with Crippen molar-refractivity contribution in [1.82, 2.24) is 0 Å². The van der Waals surface area contributed by atoms with E-state index in [1.807, 2.05) is 6.92 Å². The molecule has 0 heterocycles. The maximum Gasteiger partial charge on any atom is 0.147 e. The zero-order chi connectivity index (χ0) is 23.6. The first-order valence-corrected chi connectivity index (χ1v) is 12.8. The lowest BCUT2D eigenvalue weighted by atomic mass is 9.81. The van der Waals surface area contributed by atoms with Crippen LogP contribution in [0.4, 0.5) is 0 Å². The lowest BCUT2D eigenvalue weighted by Crippen LogP contribution is -2.24. The third-order valence-electron chi connectivity index (χ3n) is 6.02. The topological polar surface area (TPSA) is 43.4 Å². The Morgan fingerprint density at radius 3 is 1.11 bits per heavy atom. The van der Waals surface area contributed by atoms with E-state index >= 15 is 0 Å². The van der Waals surface area contributed by atoms with Crippen molar-refractivity contribution in [3.8, 4) is 0 Å². The van der Waals surface area contributed by atoms with E-state index in [2.05, 4.69) is 83.1 Å². The van der Waals surface area contributed by atoms with Gasteiger partial charge in [-0.15, -0.1) is 0 Å². The minimum absolute atomic E-state index is 0.0864. The van der Waals surface area contributed by atoms with Crippen LogP contribution in [0.3, 0.4) is 0 Å². The quantitative estimate of drug-likeness (QED) is 0.474. The molecule has 0 saturated heterocycles. The van der Waals surface area contributed by atoms with E-state index < -0.39 is 9.84 Å². The van der Waals surface area contributed by atoms with Crippen LogP contribution in [0.15, 0.2) is 0 Å². The molecule has 28 heavy (non-hydrogen) atoms. The normalized spacial score (nSPS) is 16.1. The fraction of sp³-hybridized carbons (Fsp3) is 1.00. The summed E-state index contributed by atoms with van der Waals surface area (Å²) in [7, 11) is -1.05. The van der Waals surface area contributed by atoms with Crippen molar-refractivity contribution >= 4 is 9.84 Å². The van der Waals surface area contributed by atoms with E-state index in [1.54, 1.807) is 7.11 Å². The van der Waals surface area contributed by atoms with Crippen LogP contribution in [0.1, 0.15) is 96.4 Å². The average Bonchev–Trinajstić information content (AvgIpc) is 2.43. The van der Waals surface area contributed by atoms with Crippen LogP contribution in [0.5, 0.6) is 0 Å². The maximum atomic E-state index is 10.9. The summed E-state index contributed by atoms with van der Waals surface area (Å²) in [6.45, 7) is 29.4. The standard InChI is InChI=1S/C8H18O2S.C8H18O.C8H18/c1-7(8(2,3)4)6-11(5,9)10;1-7(6-9-5)8(2,3)4;1-6-7(2)8(3,4)5/h7H,6H2,1-5H3;7H,6H2,1-5H3;7H,6H2,1-5H3. The SMILES string of the molecule is CC(CS(C)(=O)=O)C(C)(C)C.CCC(C)C(C)(C)C.COCC(C)C(C)(C)C. The van der Waals surface area contributed by atoms with Crippen LogP contribution in [-0.4, -0.2) is 34.1 Å². The molecule has 0 bridgehead atoms. The van der Waals surface area contributed by atoms with E-state index in [0.717, 1.165) is 12.5 Å². The van der Waals surface area contributed by atoms with Crippen molar-refractivity contribution in [1.29, 1.82) is 0 Å². The van der Waals surface area contributed by atoms with Crippen LogP contribution in [-0.2, 0) is 14.6 Å². The molecule has 4 heteroatoms. The van der Waals surface area contributed by atoms with E-state index in [-0.39, 0.29) is 17.1 Å². The number of hydrogen-bond donors (Lipinski definition) is 0. The summed E-state index contributed by atoms with van der Waals surface area (Å²) in [5.41, 5.74) is 0.980. The molecular weight excluding hydrogens is 368 g/mol. The molecule has 0 fully saturated rings. The summed E-state index contributed by atoms with van der Waals surface area (Å²) >= 11 is 0. The Morgan fingerprint density at radius 1 is 0.714 bits per heavy atom. The van der Waals surface area contributed by atoms with Crippen molar-refractivity contribution in [2.75, 3.05) is 25.7 Å². The molecule has 3 unspecified atom stereocenters. The Bertz CT molecular complexity index is 473. The summed E-state index contributed by atoms with van der Waals surface area (Å²) in [4.78, 5) is 0. The van der Waals surface area contributed by atoms with Crippen LogP contribution in [0.2, 0.25) is 0 Å². The zero-order valence-electron chi connectivity index (χ0n) is 22.0. The fourth-order valence-corrected chi connectivity index (χ4v) is 3.22. The highest BCUT2D eigenvalue weighted by Crippen LogP contribution is 2.27. The minimum Gasteiger partial charge on any atom is -0.384 e. The van der Waals surface area contributed by atoms with Crippen LogP contribution in [0, 0.1) is 34.0 Å². The molecule has 0 spiro atoms. The van der Waals surface area contributed by atoms with E-state index in [9.17, 15) is 8.42 Å². The van der Waals surface area contributed by atoms with Gasteiger partial charge in [0.2, 0.25) is 0 Å². The second kappa shape index (κ2) is 13.3. The van der Waals surface area contributed by atoms with Gasteiger partial charge in [-0.25, -0.2) is 8.42 Å². The van der Waals surface area contributed by atoms with Crippen LogP contribution in [0.25, 0.3) is 0 Å². The Morgan fingerprint density at radius 2 is 1.04 bits per heavy atom. The molecule has 0 aromatic heterocycles. The van der Waals surface area contributed by atoms with E-state index in [4.69, 9.17) is 4.74 Å². The van der Waals surface area contributed by atoms with Gasteiger partial charge in [0.1, 0.15) is 9.84 Å². The van der Waals surface area contributed by atoms with Gasteiger partial charge in [0.05, 0.1) is 5.75 Å². The Labute approximate surface area is 179 Å². The minimum atomic E-state index is -2.81. The highest BCUT2D eigenvalue weighted by atomic mass is 32.2. The maximum absolute atomic E-state index is 10.9. The summed E-state index contributed by atoms with van der Waals surface area (Å²) in [6.07, 6.45) is 2.58. The van der Waals surface area contributed by atoms with Gasteiger partial charge < -0.3 is 4.74 Å². The van der Waals surface area contributed by atoms with Gasteiger partial charge in [-0.1, -0.05) is 96.4 Å². The van der Waals surface area contributed by atoms with E-state index in [0.29, 0.717) is 16.7 Å². The molecule has 0 saturated carbocycles. The lowest BCUT2D eigenvalue weighted by molar-refractivity contribution is 0.101. The van der Waals surface area contributed by atoms with Gasteiger partial charge in [-0.2, -0.15) is 0 Å². The number of sulfone groups is 1. The molecule has 0 rings (SSSR count). The molecule has 0 radical (unpaired) electrons. The predicted octanol–water partition coefficient (Wildman–Crippen LogP) is 7.11. The third-order valence-corrected chi connectivity index (χ3v) is 7.12. The largest absolute Gasteiger partial charge is 0.384 e. The van der Waals surface area contributed by atoms with Crippen molar-refractivity contribution in [2.45, 2.75) is 96.4 Å². The summed E-state index contributed by atoms with van der Waals surface area (Å²) < 4.78 is 26.8. The second-order valence-corrected chi connectivity index (χ2v) is 13.9. The molecule has 3 atom stereocenters. The first kappa shape index (κ1) is 32.6. The van der Waals surface area contributed by atoms with Crippen molar-refractivity contribution in [3.05, 3.63) is 0 Å². The highest BCUT2D eigenvalue weighted by molar-refractivity contribution is 7.90. The smallest absolute Gasteiger partial charge is 0.147 e. The molecule has 0 aromatic rings. The molecule has 0 aromatic carbocycles. The molecule has 3 nitrogen and oxygen atoms in total. The number of ether oxygens (including phenoxy) is 1. The summed E-state index contributed by atoms with van der Waals surface area (Å²) in [5.74, 6) is 2.00. The van der Waals surface area contributed by atoms with Gasteiger partial charge in [0.25, 0.3) is 0 Å². The highest BCUT2D eigenvalue weighted by Gasteiger charge is 2.23. The lowest BCUT2D eigenvalue weighted by Gasteiger charge is -2.26. The molecule has 0 N–H and O–H groups in total. The van der Waals surface area contributed by atoms with Crippen molar-refractivity contribution < 1.29 is 13.2 Å². The van der Waals surface area contributed by atoms with E-state index in [1.165, 1.54) is 12.7 Å². The molecular formula is C24H54O3S. The third kappa shape index (κ3) is 20.6. The molecule has 174 valence electrons. The Hall–Kier alpha value is -0.0900. The summed E-state index contributed by atoms with van der Waals surface area (Å²) in [5, 5.41) is 0. The number of methoxy groups -OCH3 is 1. The fourth-order valence-electron chi connectivity index (χ4n) is 1.82. The molecule has 0 aliphatic rings. The number of rotatable bonds is 5. The summed E-state index contributed by atoms with van der Waals surface area (Å²) in [6, 6.07) is 0.